The topological polar surface area (TPSA) is 44.4 Å². The third-order valence-corrected chi connectivity index (χ3v) is 3.96. The number of nitrogens with zero attached hydrogens (tertiary/aromatic N) is 1. The summed E-state index contributed by atoms with van der Waals surface area (Å²) in [5, 5.41) is 6.38. The first-order chi connectivity index (χ1) is 8.83. The van der Waals surface area contributed by atoms with Gasteiger partial charge in [0.25, 0.3) is 0 Å². The Morgan fingerprint density at radius 2 is 1.84 bits per heavy atom. The van der Waals surface area contributed by atoms with Crippen LogP contribution in [0.5, 0.6) is 0 Å². The Balaban J connectivity index is 0.00000133. The number of carbonyl (C=O) groups excluding carboxylic acids is 1. The van der Waals surface area contributed by atoms with Gasteiger partial charge in [0.2, 0.25) is 0 Å². The third kappa shape index (κ3) is 3.19. The van der Waals surface area contributed by atoms with Gasteiger partial charge in [-0.1, -0.05) is 30.3 Å². The van der Waals surface area contributed by atoms with Gasteiger partial charge in [-0.05, 0) is 17.4 Å². The summed E-state index contributed by atoms with van der Waals surface area (Å²) in [6.07, 6.45) is 0. The molecule has 1 aromatic carbocycles. The van der Waals surface area contributed by atoms with Gasteiger partial charge < -0.3 is 15.5 Å². The number of hydrogen-bond acceptors (Lipinski definition) is 2. The van der Waals surface area contributed by atoms with Crippen LogP contribution >= 0.6 is 12.4 Å². The number of carbonyl (C=O) groups is 1. The molecule has 3 rings (SSSR count). The van der Waals surface area contributed by atoms with Gasteiger partial charge in [0.1, 0.15) is 0 Å². The van der Waals surface area contributed by atoms with Crippen LogP contribution in [0.1, 0.15) is 5.56 Å². The lowest BCUT2D eigenvalue weighted by atomic mass is 10.0. The quantitative estimate of drug-likeness (QED) is 0.862. The van der Waals surface area contributed by atoms with Crippen LogP contribution in [0.25, 0.3) is 0 Å². The van der Waals surface area contributed by atoms with Crippen molar-refractivity contribution in [2.24, 2.45) is 11.8 Å². The van der Waals surface area contributed by atoms with Crippen LogP contribution in [0.4, 0.5) is 4.79 Å². The minimum Gasteiger partial charge on any atom is -0.334 e. The number of urea groups is 1. The number of fused-ring (bicyclic) bond motifs is 1. The van der Waals surface area contributed by atoms with Crippen molar-refractivity contribution < 1.29 is 4.79 Å². The Bertz CT molecular complexity index is 414. The molecule has 0 radical (unpaired) electrons. The van der Waals surface area contributed by atoms with Gasteiger partial charge in [-0.15, -0.1) is 12.4 Å². The summed E-state index contributed by atoms with van der Waals surface area (Å²) in [6, 6.07) is 10.1. The Labute approximate surface area is 120 Å². The van der Waals surface area contributed by atoms with Gasteiger partial charge in [0.05, 0.1) is 0 Å². The predicted molar refractivity (Wildman–Crippen MR) is 77.3 cm³/mol. The second-order valence-corrected chi connectivity index (χ2v) is 5.23. The largest absolute Gasteiger partial charge is 0.334 e. The van der Waals surface area contributed by atoms with Gasteiger partial charge in [-0.3, -0.25) is 0 Å². The fraction of sp³-hybridized carbons (Fsp3) is 0.500. The number of rotatable bonds is 2. The molecule has 1 aromatic rings. The molecule has 0 aromatic heterocycles. The summed E-state index contributed by atoms with van der Waals surface area (Å²) in [5.41, 5.74) is 1.15. The number of nitrogens with one attached hydrogen (secondary N) is 2. The Morgan fingerprint density at radius 1 is 1.21 bits per heavy atom. The number of hydrogen-bond donors (Lipinski definition) is 2. The van der Waals surface area contributed by atoms with Crippen LogP contribution in [0.2, 0.25) is 0 Å². The van der Waals surface area contributed by atoms with E-state index >= 15 is 0 Å². The first kappa shape index (κ1) is 14.2. The third-order valence-electron chi connectivity index (χ3n) is 3.96. The van der Waals surface area contributed by atoms with Gasteiger partial charge in [-0.25, -0.2) is 4.79 Å². The predicted octanol–water partition coefficient (Wildman–Crippen LogP) is 1.47. The molecule has 2 aliphatic heterocycles. The first-order valence-corrected chi connectivity index (χ1v) is 6.60. The summed E-state index contributed by atoms with van der Waals surface area (Å²) in [4.78, 5) is 14.0. The maximum absolute atomic E-state index is 12.0. The fourth-order valence-corrected chi connectivity index (χ4v) is 2.91. The van der Waals surface area contributed by atoms with Crippen molar-refractivity contribution in [1.82, 2.24) is 15.5 Å². The van der Waals surface area contributed by atoms with Crippen molar-refractivity contribution in [3.05, 3.63) is 35.9 Å². The average Bonchev–Trinajstić information content (AvgIpc) is 2.98. The van der Waals surface area contributed by atoms with Crippen molar-refractivity contribution in [2.75, 3.05) is 26.2 Å². The van der Waals surface area contributed by atoms with E-state index in [4.69, 9.17) is 0 Å². The molecular weight excluding hydrogens is 262 g/mol. The summed E-state index contributed by atoms with van der Waals surface area (Å²) in [7, 11) is 0. The fourth-order valence-electron chi connectivity index (χ4n) is 2.91. The van der Waals surface area contributed by atoms with Gasteiger partial charge in [0.15, 0.2) is 0 Å². The number of amides is 2. The smallest absolute Gasteiger partial charge is 0.317 e. The van der Waals surface area contributed by atoms with Crippen molar-refractivity contribution in [2.45, 2.75) is 6.54 Å². The highest BCUT2D eigenvalue weighted by Gasteiger charge is 2.37. The minimum absolute atomic E-state index is 0. The number of likely N-dealkylation sites (tertiary alicyclic amines) is 1. The maximum Gasteiger partial charge on any atom is 0.317 e. The molecular formula is C14H20ClN3O. The molecule has 4 nitrogen and oxygen atoms in total. The normalized spacial score (nSPS) is 24.7. The Kier molecular flexibility index (Phi) is 4.66. The highest BCUT2D eigenvalue weighted by atomic mass is 35.5. The second kappa shape index (κ2) is 6.26. The van der Waals surface area contributed by atoms with E-state index in [0.29, 0.717) is 18.4 Å². The minimum atomic E-state index is 0. The molecule has 2 atom stereocenters. The van der Waals surface area contributed by atoms with Crippen LogP contribution in [0.3, 0.4) is 0 Å². The summed E-state index contributed by atoms with van der Waals surface area (Å²) in [6.45, 7) is 4.54. The van der Waals surface area contributed by atoms with Crippen LogP contribution < -0.4 is 10.6 Å². The van der Waals surface area contributed by atoms with Crippen LogP contribution in [-0.2, 0) is 6.54 Å². The number of halogens is 1. The molecule has 0 aliphatic carbocycles. The molecule has 2 fully saturated rings. The molecule has 0 spiro atoms. The molecule has 2 amide bonds. The Morgan fingerprint density at radius 3 is 2.47 bits per heavy atom. The molecule has 2 heterocycles. The van der Waals surface area contributed by atoms with Gasteiger partial charge in [0, 0.05) is 32.7 Å². The molecule has 2 N–H and O–H groups in total. The molecule has 5 heteroatoms. The lowest BCUT2D eigenvalue weighted by Crippen LogP contribution is -2.39. The van der Waals surface area contributed by atoms with Crippen LogP contribution in [0.15, 0.2) is 30.3 Å². The summed E-state index contributed by atoms with van der Waals surface area (Å²) in [5.74, 6) is 1.32. The van der Waals surface area contributed by atoms with E-state index in [-0.39, 0.29) is 18.4 Å². The van der Waals surface area contributed by atoms with E-state index in [9.17, 15) is 4.79 Å². The molecule has 0 saturated carbocycles. The zero-order valence-electron chi connectivity index (χ0n) is 10.8. The zero-order valence-corrected chi connectivity index (χ0v) is 11.7. The van der Waals surface area contributed by atoms with E-state index in [2.05, 4.69) is 10.6 Å². The van der Waals surface area contributed by atoms with E-state index in [1.807, 2.05) is 35.2 Å². The molecule has 2 unspecified atom stereocenters. The highest BCUT2D eigenvalue weighted by molar-refractivity contribution is 5.85. The van der Waals surface area contributed by atoms with Crippen molar-refractivity contribution >= 4 is 18.4 Å². The zero-order chi connectivity index (χ0) is 12.4. The van der Waals surface area contributed by atoms with E-state index in [1.165, 1.54) is 0 Å². The summed E-state index contributed by atoms with van der Waals surface area (Å²) >= 11 is 0. The number of benzene rings is 1. The van der Waals surface area contributed by atoms with E-state index in [1.54, 1.807) is 0 Å². The molecule has 2 aliphatic rings. The molecule has 104 valence electrons. The van der Waals surface area contributed by atoms with Crippen LogP contribution in [-0.4, -0.2) is 37.1 Å². The monoisotopic (exact) mass is 281 g/mol. The summed E-state index contributed by atoms with van der Waals surface area (Å²) < 4.78 is 0. The van der Waals surface area contributed by atoms with E-state index in [0.717, 1.165) is 31.7 Å². The van der Waals surface area contributed by atoms with E-state index < -0.39 is 0 Å². The van der Waals surface area contributed by atoms with Crippen LogP contribution in [0, 0.1) is 11.8 Å². The van der Waals surface area contributed by atoms with Crippen molar-refractivity contribution in [3.8, 4) is 0 Å². The average molecular weight is 282 g/mol. The Hall–Kier alpha value is -1.26. The molecule has 0 bridgehead atoms. The lowest BCUT2D eigenvalue weighted by Gasteiger charge is -2.18. The van der Waals surface area contributed by atoms with Crippen molar-refractivity contribution in [1.29, 1.82) is 0 Å². The SMILES string of the molecule is Cl.O=C(NCc1ccccc1)N1CC2CNCC2C1. The maximum atomic E-state index is 12.0. The van der Waals surface area contributed by atoms with Gasteiger partial charge >= 0.3 is 6.03 Å². The first-order valence-electron chi connectivity index (χ1n) is 6.60. The standard InChI is InChI=1S/C14H19N3O.ClH/c18-14(16-6-11-4-2-1-3-5-11)17-9-12-7-15-8-13(12)10-17;/h1-5,12-13,15H,6-10H2,(H,16,18);1H. The van der Waals surface area contributed by atoms with Crippen molar-refractivity contribution in [3.63, 3.8) is 0 Å². The molecule has 19 heavy (non-hydrogen) atoms. The molecule has 2 saturated heterocycles. The lowest BCUT2D eigenvalue weighted by molar-refractivity contribution is 0.205. The van der Waals surface area contributed by atoms with Gasteiger partial charge in [-0.2, -0.15) is 0 Å². The highest BCUT2D eigenvalue weighted by Crippen LogP contribution is 2.26. The second-order valence-electron chi connectivity index (χ2n) is 5.23.